The number of carbonyl (C=O) groups is 2. The third-order valence-electron chi connectivity index (χ3n) is 4.90. The molecule has 0 radical (unpaired) electrons. The van der Waals surface area contributed by atoms with Gasteiger partial charge in [0.15, 0.2) is 11.4 Å². The van der Waals surface area contributed by atoms with Crippen LogP contribution in [0.2, 0.25) is 10.0 Å². The van der Waals surface area contributed by atoms with Crippen molar-refractivity contribution in [2.24, 2.45) is 0 Å². The Bertz CT molecular complexity index is 1170. The topological polar surface area (TPSA) is 75.9 Å². The molecule has 7 nitrogen and oxygen atoms in total. The fraction of sp³-hybridized carbons (Fsp3) is 0.318. The number of halogens is 4. The maximum atomic E-state index is 12.5. The van der Waals surface area contributed by atoms with Crippen molar-refractivity contribution in [3.05, 3.63) is 56.4 Å². The minimum Gasteiger partial charge on any atom is -0.485 e. The van der Waals surface area contributed by atoms with E-state index in [1.807, 2.05) is 36.6 Å². The number of carbonyl (C=O) groups excluding carboxylic acids is 2. The number of pyridine rings is 1. The van der Waals surface area contributed by atoms with E-state index in [2.05, 4.69) is 26.2 Å². The summed E-state index contributed by atoms with van der Waals surface area (Å²) in [5.41, 5.74) is 2.52. The average Bonchev–Trinajstić information content (AvgIpc) is 3.06. The molecule has 0 aliphatic rings. The number of benzene rings is 1. The van der Waals surface area contributed by atoms with Crippen molar-refractivity contribution in [3.63, 3.8) is 0 Å². The average molecular weight is 579 g/mol. The van der Waals surface area contributed by atoms with Gasteiger partial charge in [-0.25, -0.2) is 4.98 Å². The SMILES string of the molecule is CCCC(=O)NCC(=O)N(C)c1ccc(Cl)c(COc2cccn3c(Br)c(C)nc23)c1Cl.Cl. The van der Waals surface area contributed by atoms with Gasteiger partial charge in [-0.05, 0) is 53.5 Å². The number of nitrogens with zero attached hydrogens (tertiary/aromatic N) is 3. The monoisotopic (exact) mass is 576 g/mol. The molecule has 178 valence electrons. The Balaban J connectivity index is 0.00000385. The zero-order chi connectivity index (χ0) is 23.4. The molecule has 0 aliphatic heterocycles. The molecule has 2 amide bonds. The van der Waals surface area contributed by atoms with E-state index in [-0.39, 0.29) is 37.4 Å². The van der Waals surface area contributed by atoms with Crippen molar-refractivity contribution in [2.45, 2.75) is 33.3 Å². The lowest BCUT2D eigenvalue weighted by molar-refractivity contribution is -0.124. The normalized spacial score (nSPS) is 10.6. The number of amides is 2. The van der Waals surface area contributed by atoms with Gasteiger partial charge in [-0.15, -0.1) is 12.4 Å². The lowest BCUT2D eigenvalue weighted by Gasteiger charge is -2.21. The van der Waals surface area contributed by atoms with Crippen LogP contribution in [-0.4, -0.2) is 34.8 Å². The van der Waals surface area contributed by atoms with Crippen molar-refractivity contribution in [1.29, 1.82) is 0 Å². The molecule has 2 aromatic heterocycles. The Kier molecular flexibility index (Phi) is 9.84. The summed E-state index contributed by atoms with van der Waals surface area (Å²) in [5.74, 6) is 0.107. The van der Waals surface area contributed by atoms with Crippen LogP contribution in [0.5, 0.6) is 5.75 Å². The molecule has 3 aromatic rings. The van der Waals surface area contributed by atoms with Gasteiger partial charge < -0.3 is 15.0 Å². The molecule has 2 heterocycles. The standard InChI is InChI=1S/C22H23BrCl2N4O3.ClH/c1-4-6-18(30)26-11-19(31)28(3)16-9-8-15(24)14(20(16)25)12-32-17-7-5-10-29-21(23)13(2)27-22(17)29;/h5,7-10H,4,6,11-12H2,1-3H3,(H,26,30);1H. The van der Waals surface area contributed by atoms with Gasteiger partial charge in [0.1, 0.15) is 11.2 Å². The zero-order valence-corrected chi connectivity index (χ0v) is 22.2. The Morgan fingerprint density at radius 2 is 2.00 bits per heavy atom. The summed E-state index contributed by atoms with van der Waals surface area (Å²) in [7, 11) is 1.60. The van der Waals surface area contributed by atoms with E-state index in [1.54, 1.807) is 19.2 Å². The molecule has 11 heteroatoms. The molecule has 0 unspecified atom stereocenters. The number of likely N-dealkylation sites (N-methyl/N-ethyl adjacent to an activating group) is 1. The van der Waals surface area contributed by atoms with Gasteiger partial charge >= 0.3 is 0 Å². The first kappa shape index (κ1) is 27.2. The second-order valence-corrected chi connectivity index (χ2v) is 8.72. The summed E-state index contributed by atoms with van der Waals surface area (Å²) in [4.78, 5) is 30.1. The molecule has 0 atom stereocenters. The van der Waals surface area contributed by atoms with Crippen LogP contribution in [0.25, 0.3) is 5.65 Å². The first-order valence-electron chi connectivity index (χ1n) is 10.0. The summed E-state index contributed by atoms with van der Waals surface area (Å²) >= 11 is 16.5. The van der Waals surface area contributed by atoms with Crippen molar-refractivity contribution >= 4 is 74.7 Å². The van der Waals surface area contributed by atoms with Crippen LogP contribution in [0.15, 0.2) is 35.1 Å². The summed E-state index contributed by atoms with van der Waals surface area (Å²) in [6.07, 6.45) is 2.97. The quantitative estimate of drug-likeness (QED) is 0.378. The van der Waals surface area contributed by atoms with Crippen LogP contribution >= 0.6 is 51.5 Å². The highest BCUT2D eigenvalue weighted by Crippen LogP contribution is 2.35. The maximum absolute atomic E-state index is 12.5. The number of rotatable bonds is 8. The second kappa shape index (κ2) is 11.9. The van der Waals surface area contributed by atoms with Gasteiger partial charge in [0.25, 0.3) is 0 Å². The molecule has 0 fully saturated rings. The van der Waals surface area contributed by atoms with E-state index in [9.17, 15) is 9.59 Å². The molecule has 33 heavy (non-hydrogen) atoms. The number of fused-ring (bicyclic) bond motifs is 1. The largest absolute Gasteiger partial charge is 0.485 e. The zero-order valence-electron chi connectivity index (χ0n) is 18.3. The molecule has 0 aliphatic carbocycles. The lowest BCUT2D eigenvalue weighted by Crippen LogP contribution is -2.38. The molecular weight excluding hydrogens is 555 g/mol. The second-order valence-electron chi connectivity index (χ2n) is 7.18. The van der Waals surface area contributed by atoms with E-state index in [4.69, 9.17) is 27.9 Å². The van der Waals surface area contributed by atoms with Gasteiger partial charge in [0.05, 0.1) is 22.9 Å². The summed E-state index contributed by atoms with van der Waals surface area (Å²) < 4.78 is 8.73. The predicted molar refractivity (Wildman–Crippen MR) is 137 cm³/mol. The molecule has 0 saturated heterocycles. The molecule has 1 aromatic carbocycles. The number of aromatic nitrogens is 2. The Morgan fingerprint density at radius 3 is 2.70 bits per heavy atom. The Labute approximate surface area is 216 Å². The number of anilines is 1. The van der Waals surface area contributed by atoms with Crippen LogP contribution in [0, 0.1) is 6.92 Å². The third kappa shape index (κ3) is 6.12. The Morgan fingerprint density at radius 1 is 1.27 bits per heavy atom. The van der Waals surface area contributed by atoms with Gasteiger partial charge in [-0.1, -0.05) is 30.1 Å². The van der Waals surface area contributed by atoms with Crippen LogP contribution in [0.1, 0.15) is 31.0 Å². The highest BCUT2D eigenvalue weighted by Gasteiger charge is 2.19. The van der Waals surface area contributed by atoms with E-state index in [0.717, 1.165) is 10.3 Å². The highest BCUT2D eigenvalue weighted by atomic mass is 79.9. The smallest absolute Gasteiger partial charge is 0.246 e. The van der Waals surface area contributed by atoms with Crippen molar-refractivity contribution in [1.82, 2.24) is 14.7 Å². The molecule has 0 spiro atoms. The number of hydrogen-bond acceptors (Lipinski definition) is 4. The first-order chi connectivity index (χ1) is 15.2. The Hall–Kier alpha value is -2.00. The maximum Gasteiger partial charge on any atom is 0.246 e. The predicted octanol–water partition coefficient (Wildman–Crippen LogP) is 5.59. The van der Waals surface area contributed by atoms with E-state index >= 15 is 0 Å². The fourth-order valence-electron chi connectivity index (χ4n) is 3.11. The number of nitrogens with one attached hydrogen (secondary N) is 1. The van der Waals surface area contributed by atoms with Crippen LogP contribution in [0.4, 0.5) is 5.69 Å². The number of aryl methyl sites for hydroxylation is 1. The van der Waals surface area contributed by atoms with Crippen molar-refractivity contribution < 1.29 is 14.3 Å². The minimum atomic E-state index is -0.298. The highest BCUT2D eigenvalue weighted by molar-refractivity contribution is 9.10. The van der Waals surface area contributed by atoms with Gasteiger partial charge in [0, 0.05) is 30.3 Å². The van der Waals surface area contributed by atoms with E-state index in [1.165, 1.54) is 4.90 Å². The van der Waals surface area contributed by atoms with E-state index in [0.29, 0.717) is 45.5 Å². The van der Waals surface area contributed by atoms with Crippen molar-refractivity contribution in [2.75, 3.05) is 18.5 Å². The van der Waals surface area contributed by atoms with Gasteiger partial charge in [-0.2, -0.15) is 0 Å². The van der Waals surface area contributed by atoms with Crippen LogP contribution in [0.3, 0.4) is 0 Å². The molecule has 1 N–H and O–H groups in total. The fourth-order valence-corrected chi connectivity index (χ4v) is 4.09. The van der Waals surface area contributed by atoms with Crippen LogP contribution in [-0.2, 0) is 16.2 Å². The number of imidazole rings is 1. The van der Waals surface area contributed by atoms with E-state index < -0.39 is 0 Å². The molecule has 0 bridgehead atoms. The molecular formula is C22H24BrCl3N4O3. The minimum absolute atomic E-state index is 0. The van der Waals surface area contributed by atoms with Crippen molar-refractivity contribution in [3.8, 4) is 5.75 Å². The first-order valence-corrected chi connectivity index (χ1v) is 11.6. The van der Waals surface area contributed by atoms with Gasteiger partial charge in [0.2, 0.25) is 11.8 Å². The van der Waals surface area contributed by atoms with Crippen LogP contribution < -0.4 is 15.0 Å². The summed E-state index contributed by atoms with van der Waals surface area (Å²) in [5, 5.41) is 3.34. The van der Waals surface area contributed by atoms with Gasteiger partial charge in [-0.3, -0.25) is 14.0 Å². The lowest BCUT2D eigenvalue weighted by atomic mass is 10.2. The summed E-state index contributed by atoms with van der Waals surface area (Å²) in [6, 6.07) is 7.00. The number of ether oxygens (including phenoxy) is 1. The summed E-state index contributed by atoms with van der Waals surface area (Å²) in [6.45, 7) is 3.77. The molecule has 0 saturated carbocycles. The molecule has 3 rings (SSSR count). The third-order valence-corrected chi connectivity index (χ3v) is 6.63. The number of hydrogen-bond donors (Lipinski definition) is 1.